The molecule has 0 bridgehead atoms. The molecule has 1 fully saturated rings. The topological polar surface area (TPSA) is 3.24 Å². The van der Waals surface area contributed by atoms with E-state index >= 15 is 0 Å². The lowest BCUT2D eigenvalue weighted by molar-refractivity contribution is 0.274. The van der Waals surface area contributed by atoms with E-state index in [2.05, 4.69) is 11.9 Å². The smallest absolute Gasteiger partial charge is 0.0909 e. The van der Waals surface area contributed by atoms with Gasteiger partial charge in [0.2, 0.25) is 0 Å². The maximum atomic E-state index is 11.8. The highest BCUT2D eigenvalue weighted by molar-refractivity contribution is 4.75. The summed E-state index contributed by atoms with van der Waals surface area (Å²) in [6, 6.07) is 0.537. The fraction of sp³-hybridized carbons (Fsp3) is 1.00. The van der Waals surface area contributed by atoms with E-state index in [1.165, 1.54) is 12.8 Å². The summed E-state index contributed by atoms with van der Waals surface area (Å²) in [5.74, 6) is 0. The number of nitrogens with zero attached hydrogens (tertiary/aromatic N) is 1. The first kappa shape index (κ1) is 7.00. The van der Waals surface area contributed by atoms with Gasteiger partial charge in [-0.3, -0.25) is 4.39 Å². The molecule has 1 rings (SSSR count). The van der Waals surface area contributed by atoms with Crippen LogP contribution in [0.15, 0.2) is 0 Å². The monoisotopic (exact) mass is 131 g/mol. The second-order valence-electron chi connectivity index (χ2n) is 2.75. The quantitative estimate of drug-likeness (QED) is 0.548. The molecule has 0 amide bonds. The highest BCUT2D eigenvalue weighted by Gasteiger charge is 2.19. The molecule has 1 heterocycles. The minimum absolute atomic E-state index is 0.158. The Morgan fingerprint density at radius 2 is 2.44 bits per heavy atom. The van der Waals surface area contributed by atoms with Gasteiger partial charge in [0.1, 0.15) is 0 Å². The standard InChI is InChI=1S/C7H14FN/c1-9-6-2-3-7(9)4-5-8/h7H,2-6H2,1H3. The maximum Gasteiger partial charge on any atom is 0.0909 e. The van der Waals surface area contributed by atoms with Crippen molar-refractivity contribution in [1.82, 2.24) is 4.90 Å². The van der Waals surface area contributed by atoms with Gasteiger partial charge in [-0.1, -0.05) is 0 Å². The summed E-state index contributed by atoms with van der Waals surface area (Å²) >= 11 is 0. The first-order valence-corrected chi connectivity index (χ1v) is 3.61. The Balaban J connectivity index is 2.22. The molecule has 0 N–H and O–H groups in total. The molecule has 0 aromatic carbocycles. The van der Waals surface area contributed by atoms with Crippen LogP contribution in [0.1, 0.15) is 19.3 Å². The van der Waals surface area contributed by atoms with Crippen molar-refractivity contribution in [3.63, 3.8) is 0 Å². The van der Waals surface area contributed by atoms with Crippen LogP contribution < -0.4 is 0 Å². The van der Waals surface area contributed by atoms with Gasteiger partial charge in [0.15, 0.2) is 0 Å². The Labute approximate surface area is 55.8 Å². The number of hydrogen-bond donors (Lipinski definition) is 0. The third-order valence-electron chi connectivity index (χ3n) is 2.11. The van der Waals surface area contributed by atoms with E-state index in [9.17, 15) is 4.39 Å². The molecule has 54 valence electrons. The Morgan fingerprint density at radius 1 is 1.67 bits per heavy atom. The average molecular weight is 131 g/mol. The van der Waals surface area contributed by atoms with Gasteiger partial charge in [0, 0.05) is 6.04 Å². The molecule has 2 heteroatoms. The van der Waals surface area contributed by atoms with Crippen molar-refractivity contribution in [2.75, 3.05) is 20.3 Å². The normalized spacial score (nSPS) is 29.3. The van der Waals surface area contributed by atoms with Crippen LogP contribution in [-0.4, -0.2) is 31.2 Å². The molecule has 9 heavy (non-hydrogen) atoms. The SMILES string of the molecule is CN1CCCC1CCF. The van der Waals surface area contributed by atoms with E-state index in [1.807, 2.05) is 0 Å². The zero-order chi connectivity index (χ0) is 6.69. The van der Waals surface area contributed by atoms with Crippen LogP contribution in [0.25, 0.3) is 0 Å². The Kier molecular flexibility index (Phi) is 2.46. The largest absolute Gasteiger partial charge is 0.303 e. The molecule has 0 radical (unpaired) electrons. The number of likely N-dealkylation sites (tertiary alicyclic amines) is 1. The molecule has 0 saturated carbocycles. The summed E-state index contributed by atoms with van der Waals surface area (Å²) in [6.07, 6.45) is 3.18. The highest BCUT2D eigenvalue weighted by atomic mass is 19.1. The summed E-state index contributed by atoms with van der Waals surface area (Å²) in [5, 5.41) is 0. The zero-order valence-electron chi connectivity index (χ0n) is 5.94. The second kappa shape index (κ2) is 3.16. The Bertz CT molecular complexity index is 85.0. The van der Waals surface area contributed by atoms with Crippen LogP contribution >= 0.6 is 0 Å². The van der Waals surface area contributed by atoms with Crippen molar-refractivity contribution in [2.45, 2.75) is 25.3 Å². The third kappa shape index (κ3) is 1.65. The number of hydrogen-bond acceptors (Lipinski definition) is 1. The van der Waals surface area contributed by atoms with E-state index in [-0.39, 0.29) is 6.67 Å². The van der Waals surface area contributed by atoms with Gasteiger partial charge in [-0.25, -0.2) is 0 Å². The van der Waals surface area contributed by atoms with Crippen LogP contribution in [0.2, 0.25) is 0 Å². The Morgan fingerprint density at radius 3 is 2.89 bits per heavy atom. The van der Waals surface area contributed by atoms with Crippen molar-refractivity contribution in [3.8, 4) is 0 Å². The van der Waals surface area contributed by atoms with Crippen LogP contribution in [0.3, 0.4) is 0 Å². The minimum Gasteiger partial charge on any atom is -0.303 e. The molecule has 1 nitrogen and oxygen atoms in total. The van der Waals surface area contributed by atoms with Gasteiger partial charge in [0.05, 0.1) is 6.67 Å². The summed E-state index contributed by atoms with van der Waals surface area (Å²) in [5.41, 5.74) is 0. The van der Waals surface area contributed by atoms with Gasteiger partial charge in [-0.15, -0.1) is 0 Å². The van der Waals surface area contributed by atoms with Crippen LogP contribution in [-0.2, 0) is 0 Å². The molecule has 0 aliphatic carbocycles. The average Bonchev–Trinajstić information content (AvgIpc) is 2.18. The van der Waals surface area contributed by atoms with E-state index in [1.54, 1.807) is 0 Å². The van der Waals surface area contributed by atoms with Gasteiger partial charge in [-0.2, -0.15) is 0 Å². The summed E-state index contributed by atoms with van der Waals surface area (Å²) < 4.78 is 11.8. The van der Waals surface area contributed by atoms with Gasteiger partial charge < -0.3 is 4.90 Å². The number of alkyl halides is 1. The van der Waals surface area contributed by atoms with Gasteiger partial charge >= 0.3 is 0 Å². The number of halogens is 1. The van der Waals surface area contributed by atoms with Crippen molar-refractivity contribution >= 4 is 0 Å². The minimum atomic E-state index is -0.158. The molecular formula is C7H14FN. The number of rotatable bonds is 2. The maximum absolute atomic E-state index is 11.8. The van der Waals surface area contributed by atoms with Crippen LogP contribution in [0, 0.1) is 0 Å². The molecule has 0 aromatic rings. The molecule has 0 spiro atoms. The van der Waals surface area contributed by atoms with Crippen molar-refractivity contribution < 1.29 is 4.39 Å². The van der Waals surface area contributed by atoms with Gasteiger partial charge in [0.25, 0.3) is 0 Å². The van der Waals surface area contributed by atoms with Crippen molar-refractivity contribution in [1.29, 1.82) is 0 Å². The third-order valence-corrected chi connectivity index (χ3v) is 2.11. The predicted octanol–water partition coefficient (Wildman–Crippen LogP) is 1.44. The molecule has 0 aromatic heterocycles. The first-order valence-electron chi connectivity index (χ1n) is 3.61. The highest BCUT2D eigenvalue weighted by Crippen LogP contribution is 2.17. The second-order valence-corrected chi connectivity index (χ2v) is 2.75. The first-order chi connectivity index (χ1) is 4.34. The fourth-order valence-corrected chi connectivity index (χ4v) is 1.47. The predicted molar refractivity (Wildman–Crippen MR) is 36.2 cm³/mol. The van der Waals surface area contributed by atoms with Crippen molar-refractivity contribution in [2.24, 2.45) is 0 Å². The van der Waals surface area contributed by atoms with Crippen molar-refractivity contribution in [3.05, 3.63) is 0 Å². The van der Waals surface area contributed by atoms with E-state index in [4.69, 9.17) is 0 Å². The molecular weight excluding hydrogens is 117 g/mol. The molecule has 1 atom stereocenters. The molecule has 1 unspecified atom stereocenters. The fourth-order valence-electron chi connectivity index (χ4n) is 1.47. The molecule has 1 aliphatic rings. The summed E-state index contributed by atoms with van der Waals surface area (Å²) in [6.45, 7) is 1.000. The van der Waals surface area contributed by atoms with E-state index < -0.39 is 0 Å². The summed E-state index contributed by atoms with van der Waals surface area (Å²) in [7, 11) is 2.08. The lowest BCUT2D eigenvalue weighted by Crippen LogP contribution is -2.24. The summed E-state index contributed by atoms with van der Waals surface area (Å²) in [4.78, 5) is 2.25. The Hall–Kier alpha value is -0.110. The van der Waals surface area contributed by atoms with E-state index in [0.717, 1.165) is 13.0 Å². The van der Waals surface area contributed by atoms with E-state index in [0.29, 0.717) is 6.04 Å². The van der Waals surface area contributed by atoms with Crippen LogP contribution in [0.5, 0.6) is 0 Å². The zero-order valence-corrected chi connectivity index (χ0v) is 5.94. The van der Waals surface area contributed by atoms with Crippen LogP contribution in [0.4, 0.5) is 4.39 Å². The molecule has 1 saturated heterocycles. The lowest BCUT2D eigenvalue weighted by atomic mass is 10.2. The lowest BCUT2D eigenvalue weighted by Gasteiger charge is -2.16. The van der Waals surface area contributed by atoms with Gasteiger partial charge in [-0.05, 0) is 32.9 Å². The molecule has 1 aliphatic heterocycles.